The normalized spacial score (nSPS) is 15.4. The molecule has 0 saturated carbocycles. The minimum Gasteiger partial charge on any atom is -0.321 e. The van der Waals surface area contributed by atoms with E-state index < -0.39 is 0 Å². The van der Waals surface area contributed by atoms with Crippen LogP contribution in [0.15, 0.2) is 18.2 Å². The Bertz CT molecular complexity index is 341. The van der Waals surface area contributed by atoms with E-state index in [1.165, 1.54) is 16.7 Å². The molecule has 0 radical (unpaired) electrons. The molecule has 0 spiro atoms. The first-order chi connectivity index (χ1) is 6.91. The monoisotopic (exact) mass is 205 g/mol. The van der Waals surface area contributed by atoms with Crippen molar-refractivity contribution in [2.45, 2.75) is 46.6 Å². The third-order valence-electron chi connectivity index (χ3n) is 3.66. The van der Waals surface area contributed by atoms with Crippen molar-refractivity contribution in [3.63, 3.8) is 0 Å². The van der Waals surface area contributed by atoms with Gasteiger partial charge in [0.15, 0.2) is 0 Å². The summed E-state index contributed by atoms with van der Waals surface area (Å²) in [7, 11) is 0. The van der Waals surface area contributed by atoms with Crippen LogP contribution in [0.25, 0.3) is 0 Å². The number of benzene rings is 1. The number of hydrogen-bond acceptors (Lipinski definition) is 1. The second-order valence-electron chi connectivity index (χ2n) is 4.85. The lowest BCUT2D eigenvalue weighted by molar-refractivity contribution is 0.306. The van der Waals surface area contributed by atoms with Gasteiger partial charge >= 0.3 is 0 Å². The van der Waals surface area contributed by atoms with Crippen molar-refractivity contribution < 1.29 is 0 Å². The van der Waals surface area contributed by atoms with Gasteiger partial charge in [-0.15, -0.1) is 0 Å². The van der Waals surface area contributed by atoms with Crippen LogP contribution in [0.4, 0.5) is 0 Å². The summed E-state index contributed by atoms with van der Waals surface area (Å²) in [5, 5.41) is 0. The topological polar surface area (TPSA) is 26.0 Å². The van der Waals surface area contributed by atoms with Crippen LogP contribution in [0.2, 0.25) is 0 Å². The largest absolute Gasteiger partial charge is 0.321 e. The Morgan fingerprint density at radius 2 is 1.80 bits per heavy atom. The smallest absolute Gasteiger partial charge is 0.0430 e. The lowest BCUT2D eigenvalue weighted by Crippen LogP contribution is -2.41. The fourth-order valence-corrected chi connectivity index (χ4v) is 1.98. The zero-order chi connectivity index (χ0) is 11.6. The Morgan fingerprint density at radius 1 is 1.20 bits per heavy atom. The second-order valence-corrected chi connectivity index (χ2v) is 4.85. The highest BCUT2D eigenvalue weighted by atomic mass is 14.7. The van der Waals surface area contributed by atoms with E-state index in [4.69, 9.17) is 5.73 Å². The zero-order valence-electron chi connectivity index (χ0n) is 10.6. The molecule has 84 valence electrons. The molecule has 0 saturated heterocycles. The van der Waals surface area contributed by atoms with Crippen LogP contribution < -0.4 is 5.73 Å². The number of rotatable bonds is 3. The first kappa shape index (κ1) is 12.3. The van der Waals surface area contributed by atoms with Gasteiger partial charge in [0.05, 0.1) is 0 Å². The van der Waals surface area contributed by atoms with Gasteiger partial charge in [-0.05, 0) is 42.9 Å². The highest BCUT2D eigenvalue weighted by Crippen LogP contribution is 2.31. The third-order valence-corrected chi connectivity index (χ3v) is 3.66. The molecular formula is C14H23N. The van der Waals surface area contributed by atoms with Crippen LogP contribution in [0.5, 0.6) is 0 Å². The van der Waals surface area contributed by atoms with Crippen molar-refractivity contribution in [3.8, 4) is 0 Å². The van der Waals surface area contributed by atoms with Crippen LogP contribution in [0, 0.1) is 19.8 Å². The van der Waals surface area contributed by atoms with Crippen LogP contribution in [-0.2, 0) is 5.54 Å². The van der Waals surface area contributed by atoms with E-state index >= 15 is 0 Å². The van der Waals surface area contributed by atoms with Crippen molar-refractivity contribution in [2.24, 2.45) is 11.7 Å². The maximum Gasteiger partial charge on any atom is 0.0430 e. The van der Waals surface area contributed by atoms with Crippen molar-refractivity contribution in [1.29, 1.82) is 0 Å². The Kier molecular flexibility index (Phi) is 3.56. The Hall–Kier alpha value is -0.820. The first-order valence-electron chi connectivity index (χ1n) is 5.78. The quantitative estimate of drug-likeness (QED) is 0.802. The molecule has 0 aliphatic carbocycles. The van der Waals surface area contributed by atoms with Gasteiger partial charge in [-0.3, -0.25) is 0 Å². The Labute approximate surface area is 93.7 Å². The first-order valence-corrected chi connectivity index (χ1v) is 5.78. The number of aryl methyl sites for hydroxylation is 2. The molecule has 0 aromatic heterocycles. The molecule has 15 heavy (non-hydrogen) atoms. The molecule has 2 N–H and O–H groups in total. The molecule has 0 bridgehead atoms. The molecule has 1 heteroatoms. The van der Waals surface area contributed by atoms with Crippen molar-refractivity contribution in [2.75, 3.05) is 0 Å². The molecule has 0 amide bonds. The highest BCUT2D eigenvalue weighted by molar-refractivity contribution is 5.34. The van der Waals surface area contributed by atoms with Crippen molar-refractivity contribution in [1.82, 2.24) is 0 Å². The van der Waals surface area contributed by atoms with Crippen LogP contribution >= 0.6 is 0 Å². The summed E-state index contributed by atoms with van der Waals surface area (Å²) < 4.78 is 0. The number of nitrogens with two attached hydrogens (primary N) is 1. The van der Waals surface area contributed by atoms with Crippen molar-refractivity contribution in [3.05, 3.63) is 34.9 Å². The van der Waals surface area contributed by atoms with Gasteiger partial charge in [0.2, 0.25) is 0 Å². The molecule has 1 atom stereocenters. The van der Waals surface area contributed by atoms with Gasteiger partial charge in [0, 0.05) is 5.54 Å². The van der Waals surface area contributed by atoms with Gasteiger partial charge in [0.1, 0.15) is 0 Å². The van der Waals surface area contributed by atoms with E-state index in [2.05, 4.69) is 52.8 Å². The van der Waals surface area contributed by atoms with E-state index in [9.17, 15) is 0 Å². The van der Waals surface area contributed by atoms with E-state index in [0.717, 1.165) is 6.42 Å². The van der Waals surface area contributed by atoms with E-state index in [-0.39, 0.29) is 5.54 Å². The van der Waals surface area contributed by atoms with Gasteiger partial charge in [-0.25, -0.2) is 0 Å². The molecule has 1 unspecified atom stereocenters. The Morgan fingerprint density at radius 3 is 2.20 bits per heavy atom. The maximum atomic E-state index is 6.48. The van der Waals surface area contributed by atoms with E-state index in [1.54, 1.807) is 0 Å². The predicted molar refractivity (Wildman–Crippen MR) is 66.9 cm³/mol. The lowest BCUT2D eigenvalue weighted by Gasteiger charge is -2.33. The standard InChI is InChI=1S/C14H23N/c1-6-14(15,10(2)3)13-8-7-11(4)12(5)9-13/h7-10H,6,15H2,1-5H3. The fraction of sp³-hybridized carbons (Fsp3) is 0.571. The fourth-order valence-electron chi connectivity index (χ4n) is 1.98. The Balaban J connectivity index is 3.19. The summed E-state index contributed by atoms with van der Waals surface area (Å²) >= 11 is 0. The molecule has 0 fully saturated rings. The SMILES string of the molecule is CCC(N)(c1ccc(C)c(C)c1)C(C)C. The van der Waals surface area contributed by atoms with Crippen LogP contribution in [-0.4, -0.2) is 0 Å². The minimum absolute atomic E-state index is 0.182. The summed E-state index contributed by atoms with van der Waals surface area (Å²) in [4.78, 5) is 0. The zero-order valence-corrected chi connectivity index (χ0v) is 10.6. The highest BCUT2D eigenvalue weighted by Gasteiger charge is 2.29. The molecule has 1 aromatic carbocycles. The van der Waals surface area contributed by atoms with Gasteiger partial charge in [0.25, 0.3) is 0 Å². The van der Waals surface area contributed by atoms with Gasteiger partial charge in [-0.2, -0.15) is 0 Å². The summed E-state index contributed by atoms with van der Waals surface area (Å²) in [6.45, 7) is 10.8. The lowest BCUT2D eigenvalue weighted by atomic mass is 9.78. The molecular weight excluding hydrogens is 182 g/mol. The van der Waals surface area contributed by atoms with Crippen LogP contribution in [0.3, 0.4) is 0 Å². The van der Waals surface area contributed by atoms with Gasteiger partial charge in [-0.1, -0.05) is 39.0 Å². The second kappa shape index (κ2) is 4.36. The van der Waals surface area contributed by atoms with E-state index in [1.807, 2.05) is 0 Å². The summed E-state index contributed by atoms with van der Waals surface area (Å²) in [5.74, 6) is 0.463. The minimum atomic E-state index is -0.182. The molecule has 1 nitrogen and oxygen atoms in total. The molecule has 0 heterocycles. The average Bonchev–Trinajstić information content (AvgIpc) is 2.20. The molecule has 1 aromatic rings. The third kappa shape index (κ3) is 2.23. The average molecular weight is 205 g/mol. The van der Waals surface area contributed by atoms with Crippen molar-refractivity contribution >= 4 is 0 Å². The van der Waals surface area contributed by atoms with Crippen LogP contribution in [0.1, 0.15) is 43.9 Å². The summed E-state index contributed by atoms with van der Waals surface area (Å²) in [6, 6.07) is 6.58. The number of hydrogen-bond donors (Lipinski definition) is 1. The molecule has 0 aliphatic rings. The maximum absolute atomic E-state index is 6.48. The molecule has 0 aliphatic heterocycles. The summed E-state index contributed by atoms with van der Waals surface area (Å²) in [5.41, 5.74) is 10.2. The van der Waals surface area contributed by atoms with Gasteiger partial charge < -0.3 is 5.73 Å². The van der Waals surface area contributed by atoms with E-state index in [0.29, 0.717) is 5.92 Å². The predicted octanol–water partition coefficient (Wildman–Crippen LogP) is 3.52. The molecule has 1 rings (SSSR count). The summed E-state index contributed by atoms with van der Waals surface area (Å²) in [6.07, 6.45) is 0.979.